The lowest BCUT2D eigenvalue weighted by molar-refractivity contribution is 0.577. The van der Waals surface area contributed by atoms with Crippen LogP contribution in [0, 0.1) is 0 Å². The molecule has 1 aromatic carbocycles. The minimum atomic E-state index is -3.37. The summed E-state index contributed by atoms with van der Waals surface area (Å²) in [4.78, 5) is 0.301. The van der Waals surface area contributed by atoms with Gasteiger partial charge in [0, 0.05) is 11.9 Å². The molecule has 0 amide bonds. The van der Waals surface area contributed by atoms with Gasteiger partial charge in [0.15, 0.2) is 0 Å². The van der Waals surface area contributed by atoms with E-state index in [0.29, 0.717) is 18.0 Å². The maximum Gasteiger partial charge on any atom is 0.240 e. The van der Waals surface area contributed by atoms with Crippen LogP contribution >= 0.6 is 15.9 Å². The van der Waals surface area contributed by atoms with Crippen molar-refractivity contribution in [2.75, 3.05) is 13.1 Å². The van der Waals surface area contributed by atoms with Gasteiger partial charge >= 0.3 is 0 Å². The van der Waals surface area contributed by atoms with Gasteiger partial charge in [0.25, 0.3) is 0 Å². The van der Waals surface area contributed by atoms with Gasteiger partial charge in [0.1, 0.15) is 0 Å². The molecule has 1 aromatic rings. The van der Waals surface area contributed by atoms with Crippen LogP contribution in [-0.2, 0) is 15.4 Å². The SMILES string of the molecule is NCCCCNS(=O)(=O)c1ccc(CBr)cc1. The van der Waals surface area contributed by atoms with E-state index in [-0.39, 0.29) is 0 Å². The number of benzene rings is 1. The van der Waals surface area contributed by atoms with Crippen molar-refractivity contribution < 1.29 is 8.42 Å². The van der Waals surface area contributed by atoms with Crippen molar-refractivity contribution in [3.8, 4) is 0 Å². The van der Waals surface area contributed by atoms with E-state index >= 15 is 0 Å². The molecule has 3 N–H and O–H groups in total. The van der Waals surface area contributed by atoms with Gasteiger partial charge in [-0.25, -0.2) is 13.1 Å². The van der Waals surface area contributed by atoms with Gasteiger partial charge in [0.2, 0.25) is 10.0 Å². The van der Waals surface area contributed by atoms with Crippen molar-refractivity contribution in [3.05, 3.63) is 29.8 Å². The predicted molar refractivity (Wildman–Crippen MR) is 72.5 cm³/mol. The average Bonchev–Trinajstić information content (AvgIpc) is 2.35. The highest BCUT2D eigenvalue weighted by Crippen LogP contribution is 2.12. The van der Waals surface area contributed by atoms with Gasteiger partial charge in [-0.3, -0.25) is 0 Å². The zero-order valence-corrected chi connectivity index (χ0v) is 11.9. The lowest BCUT2D eigenvalue weighted by Gasteiger charge is -2.06. The summed E-state index contributed by atoms with van der Waals surface area (Å²) in [6.07, 6.45) is 1.58. The lowest BCUT2D eigenvalue weighted by atomic mass is 10.2. The molecule has 0 aromatic heterocycles. The molecule has 0 fully saturated rings. The Morgan fingerprint density at radius 1 is 1.18 bits per heavy atom. The summed E-state index contributed by atoms with van der Waals surface area (Å²) in [7, 11) is -3.37. The van der Waals surface area contributed by atoms with E-state index in [1.165, 1.54) is 0 Å². The minimum Gasteiger partial charge on any atom is -0.330 e. The number of nitrogens with two attached hydrogens (primary N) is 1. The van der Waals surface area contributed by atoms with E-state index in [4.69, 9.17) is 5.73 Å². The summed E-state index contributed by atoms with van der Waals surface area (Å²) < 4.78 is 26.2. The number of unbranched alkanes of at least 4 members (excludes halogenated alkanes) is 1. The number of sulfonamides is 1. The van der Waals surface area contributed by atoms with Crippen molar-refractivity contribution in [3.63, 3.8) is 0 Å². The molecule has 0 radical (unpaired) electrons. The molecule has 0 saturated carbocycles. The summed E-state index contributed by atoms with van der Waals surface area (Å²) in [6.45, 7) is 1.02. The van der Waals surface area contributed by atoms with E-state index in [0.717, 1.165) is 23.7 Å². The van der Waals surface area contributed by atoms with Crippen LogP contribution in [0.1, 0.15) is 18.4 Å². The Morgan fingerprint density at radius 2 is 1.82 bits per heavy atom. The first kappa shape index (κ1) is 14.6. The number of hydrogen-bond acceptors (Lipinski definition) is 3. The third-order valence-corrected chi connectivity index (χ3v) is 4.44. The molecule has 0 spiro atoms. The molecule has 0 heterocycles. The lowest BCUT2D eigenvalue weighted by Crippen LogP contribution is -2.25. The molecule has 0 aliphatic rings. The molecule has 0 unspecified atom stereocenters. The smallest absolute Gasteiger partial charge is 0.240 e. The minimum absolute atomic E-state index is 0.301. The van der Waals surface area contributed by atoms with Crippen molar-refractivity contribution in [1.82, 2.24) is 4.72 Å². The van der Waals surface area contributed by atoms with Gasteiger partial charge in [0.05, 0.1) is 4.90 Å². The monoisotopic (exact) mass is 320 g/mol. The van der Waals surface area contributed by atoms with E-state index < -0.39 is 10.0 Å². The summed E-state index contributed by atoms with van der Waals surface area (Å²) in [5.41, 5.74) is 6.39. The average molecular weight is 321 g/mol. The third kappa shape index (κ3) is 4.75. The van der Waals surface area contributed by atoms with Crippen molar-refractivity contribution >= 4 is 26.0 Å². The molecule has 0 bridgehead atoms. The van der Waals surface area contributed by atoms with Gasteiger partial charge in [-0.1, -0.05) is 28.1 Å². The first-order chi connectivity index (χ1) is 8.10. The van der Waals surface area contributed by atoms with E-state index in [2.05, 4.69) is 20.7 Å². The van der Waals surface area contributed by atoms with Crippen molar-refractivity contribution in [1.29, 1.82) is 0 Å². The topological polar surface area (TPSA) is 72.2 Å². The zero-order valence-electron chi connectivity index (χ0n) is 9.52. The van der Waals surface area contributed by atoms with Gasteiger partial charge < -0.3 is 5.73 Å². The van der Waals surface area contributed by atoms with Crippen LogP contribution in [0.5, 0.6) is 0 Å². The zero-order chi connectivity index (χ0) is 12.7. The summed E-state index contributed by atoms with van der Waals surface area (Å²) in [5.74, 6) is 0. The molecule has 4 nitrogen and oxygen atoms in total. The normalized spacial score (nSPS) is 11.6. The number of alkyl halides is 1. The second-order valence-electron chi connectivity index (χ2n) is 3.67. The molecule has 0 aliphatic carbocycles. The Labute approximate surface area is 111 Å². The fourth-order valence-electron chi connectivity index (χ4n) is 1.32. The number of halogens is 1. The maximum atomic E-state index is 11.8. The van der Waals surface area contributed by atoms with Crippen LogP contribution in [-0.4, -0.2) is 21.5 Å². The Kier molecular flexibility index (Phi) is 6.11. The third-order valence-electron chi connectivity index (χ3n) is 2.31. The van der Waals surface area contributed by atoms with Crippen LogP contribution in [0.4, 0.5) is 0 Å². The first-order valence-electron chi connectivity index (χ1n) is 5.45. The van der Waals surface area contributed by atoms with Crippen LogP contribution in [0.2, 0.25) is 0 Å². The fourth-order valence-corrected chi connectivity index (χ4v) is 2.76. The maximum absolute atomic E-state index is 11.8. The molecule has 96 valence electrons. The van der Waals surface area contributed by atoms with E-state index in [1.807, 2.05) is 0 Å². The van der Waals surface area contributed by atoms with Crippen LogP contribution < -0.4 is 10.5 Å². The highest BCUT2D eigenvalue weighted by atomic mass is 79.9. The number of nitrogens with one attached hydrogen (secondary N) is 1. The van der Waals surface area contributed by atoms with Gasteiger partial charge in [-0.05, 0) is 37.1 Å². The number of rotatable bonds is 7. The van der Waals surface area contributed by atoms with Crippen molar-refractivity contribution in [2.45, 2.75) is 23.1 Å². The standard InChI is InChI=1S/C11H17BrN2O2S/c12-9-10-3-5-11(6-4-10)17(15,16)14-8-2-1-7-13/h3-6,14H,1-2,7-9,13H2. The van der Waals surface area contributed by atoms with Crippen LogP contribution in [0.25, 0.3) is 0 Å². The molecule has 1 rings (SSSR count). The Balaban J connectivity index is 2.62. The number of hydrogen-bond donors (Lipinski definition) is 2. The molecular formula is C11H17BrN2O2S. The first-order valence-corrected chi connectivity index (χ1v) is 8.05. The van der Waals surface area contributed by atoms with E-state index in [9.17, 15) is 8.42 Å². The van der Waals surface area contributed by atoms with Crippen LogP contribution in [0.3, 0.4) is 0 Å². The molecule has 17 heavy (non-hydrogen) atoms. The second-order valence-corrected chi connectivity index (χ2v) is 6.00. The Morgan fingerprint density at radius 3 is 2.35 bits per heavy atom. The molecular weight excluding hydrogens is 304 g/mol. The molecule has 6 heteroatoms. The predicted octanol–water partition coefficient (Wildman–Crippen LogP) is 1.60. The fraction of sp³-hybridized carbons (Fsp3) is 0.455. The quantitative estimate of drug-likeness (QED) is 0.592. The Bertz CT molecular complexity index is 431. The molecule has 0 saturated heterocycles. The molecule has 0 aliphatic heterocycles. The molecule has 0 atom stereocenters. The highest BCUT2D eigenvalue weighted by Gasteiger charge is 2.12. The highest BCUT2D eigenvalue weighted by molar-refractivity contribution is 9.08. The summed E-state index contributed by atoms with van der Waals surface area (Å²) in [5, 5.41) is 0.720. The van der Waals surface area contributed by atoms with E-state index in [1.54, 1.807) is 24.3 Å². The van der Waals surface area contributed by atoms with Gasteiger partial charge in [-0.2, -0.15) is 0 Å². The Hall–Kier alpha value is -0.430. The van der Waals surface area contributed by atoms with Crippen LogP contribution in [0.15, 0.2) is 29.2 Å². The van der Waals surface area contributed by atoms with Crippen molar-refractivity contribution in [2.24, 2.45) is 5.73 Å². The summed E-state index contributed by atoms with van der Waals surface area (Å²) >= 11 is 3.31. The second kappa shape index (κ2) is 7.10. The summed E-state index contributed by atoms with van der Waals surface area (Å²) in [6, 6.07) is 6.82. The largest absolute Gasteiger partial charge is 0.330 e. The van der Waals surface area contributed by atoms with Gasteiger partial charge in [-0.15, -0.1) is 0 Å².